The van der Waals surface area contributed by atoms with Gasteiger partial charge in [0.1, 0.15) is 5.82 Å². The van der Waals surface area contributed by atoms with E-state index in [2.05, 4.69) is 17.1 Å². The van der Waals surface area contributed by atoms with Crippen LogP contribution >= 0.6 is 10.7 Å². The second kappa shape index (κ2) is 4.71. The van der Waals surface area contributed by atoms with Crippen LogP contribution in [0.3, 0.4) is 0 Å². The molecule has 3 rings (SSSR count). The molecular formula is C11H16ClN3O3S. The van der Waals surface area contributed by atoms with Crippen molar-refractivity contribution in [2.75, 3.05) is 13.2 Å². The average Bonchev–Trinajstić information content (AvgIpc) is 3.07. The van der Waals surface area contributed by atoms with Crippen LogP contribution in [0.15, 0.2) is 5.16 Å². The van der Waals surface area contributed by atoms with E-state index in [0.29, 0.717) is 19.1 Å². The summed E-state index contributed by atoms with van der Waals surface area (Å²) in [5.74, 6) is 1.24. The number of hydrogen-bond donors (Lipinski definition) is 0. The van der Waals surface area contributed by atoms with Crippen molar-refractivity contribution in [3.05, 3.63) is 5.82 Å². The minimum Gasteiger partial charge on any atom is -0.381 e. The Balaban J connectivity index is 2.04. The average molecular weight is 306 g/mol. The molecule has 0 radical (unpaired) electrons. The maximum Gasteiger partial charge on any atom is 0.296 e. The summed E-state index contributed by atoms with van der Waals surface area (Å²) in [6, 6.07) is 0.184. The van der Waals surface area contributed by atoms with E-state index in [0.717, 1.165) is 25.1 Å². The van der Waals surface area contributed by atoms with Crippen LogP contribution in [0, 0.1) is 5.92 Å². The highest BCUT2D eigenvalue weighted by molar-refractivity contribution is 8.13. The summed E-state index contributed by atoms with van der Waals surface area (Å²) >= 11 is 0. The second-order valence-corrected chi connectivity index (χ2v) is 7.79. The molecule has 0 spiro atoms. The molecule has 2 heterocycles. The Morgan fingerprint density at radius 2 is 2.05 bits per heavy atom. The fourth-order valence-corrected chi connectivity index (χ4v) is 3.58. The lowest BCUT2D eigenvalue weighted by Crippen LogP contribution is -2.26. The van der Waals surface area contributed by atoms with E-state index in [1.54, 1.807) is 4.57 Å². The van der Waals surface area contributed by atoms with Crippen molar-refractivity contribution < 1.29 is 13.2 Å². The summed E-state index contributed by atoms with van der Waals surface area (Å²) in [4.78, 5) is 0. The van der Waals surface area contributed by atoms with Crippen LogP contribution in [-0.4, -0.2) is 36.4 Å². The maximum absolute atomic E-state index is 11.6. The van der Waals surface area contributed by atoms with Gasteiger partial charge in [0.15, 0.2) is 0 Å². The normalized spacial score (nSPS) is 28.5. The number of hydrogen-bond acceptors (Lipinski definition) is 5. The molecule has 2 aliphatic rings. The molecule has 0 N–H and O–H groups in total. The summed E-state index contributed by atoms with van der Waals surface area (Å²) < 4.78 is 30.3. The van der Waals surface area contributed by atoms with E-state index in [1.165, 1.54) is 0 Å². The van der Waals surface area contributed by atoms with Crippen molar-refractivity contribution in [1.82, 2.24) is 14.8 Å². The Morgan fingerprint density at radius 1 is 1.32 bits per heavy atom. The Morgan fingerprint density at radius 3 is 2.63 bits per heavy atom. The summed E-state index contributed by atoms with van der Waals surface area (Å²) in [7, 11) is 1.60. The molecule has 0 aromatic carbocycles. The molecule has 1 aliphatic carbocycles. The van der Waals surface area contributed by atoms with Gasteiger partial charge < -0.3 is 4.74 Å². The van der Waals surface area contributed by atoms with E-state index >= 15 is 0 Å². The number of halogens is 1. The van der Waals surface area contributed by atoms with Gasteiger partial charge in [-0.25, -0.2) is 8.42 Å². The van der Waals surface area contributed by atoms with Crippen molar-refractivity contribution in [3.63, 3.8) is 0 Å². The summed E-state index contributed by atoms with van der Waals surface area (Å²) in [6.45, 7) is 3.44. The van der Waals surface area contributed by atoms with Crippen LogP contribution in [0.5, 0.6) is 0 Å². The minimum absolute atomic E-state index is 0.106. The van der Waals surface area contributed by atoms with Crippen molar-refractivity contribution in [2.45, 2.75) is 43.3 Å². The summed E-state index contributed by atoms with van der Waals surface area (Å²) in [6.07, 6.45) is 2.76. The van der Waals surface area contributed by atoms with Crippen molar-refractivity contribution in [1.29, 1.82) is 0 Å². The topological polar surface area (TPSA) is 74.1 Å². The van der Waals surface area contributed by atoms with Gasteiger partial charge in [0.05, 0.1) is 0 Å². The maximum atomic E-state index is 11.6. The van der Waals surface area contributed by atoms with Crippen molar-refractivity contribution in [3.8, 4) is 0 Å². The highest BCUT2D eigenvalue weighted by atomic mass is 35.7. The van der Waals surface area contributed by atoms with Crippen LogP contribution in [-0.2, 0) is 13.8 Å². The third-order valence-corrected chi connectivity index (χ3v) is 4.92. The Bertz CT molecular complexity index is 582. The summed E-state index contributed by atoms with van der Waals surface area (Å²) in [5.41, 5.74) is 0. The van der Waals surface area contributed by atoms with E-state index in [1.807, 2.05) is 0 Å². The van der Waals surface area contributed by atoms with E-state index < -0.39 is 9.05 Å². The molecule has 2 atom stereocenters. The Labute approximate surface area is 116 Å². The molecule has 106 valence electrons. The highest BCUT2D eigenvalue weighted by Gasteiger charge is 2.37. The van der Waals surface area contributed by atoms with Crippen LogP contribution < -0.4 is 0 Å². The second-order valence-electron chi connectivity index (χ2n) is 5.33. The zero-order valence-electron chi connectivity index (χ0n) is 10.6. The SMILES string of the molecule is CC1COCCC1c1nnc(S(=O)(=O)Cl)n1C1CC1. The lowest BCUT2D eigenvalue weighted by molar-refractivity contribution is 0.0442. The van der Waals surface area contributed by atoms with Crippen molar-refractivity contribution in [2.24, 2.45) is 5.92 Å². The molecular weight excluding hydrogens is 290 g/mol. The quantitative estimate of drug-likeness (QED) is 0.794. The van der Waals surface area contributed by atoms with Crippen LogP contribution in [0.2, 0.25) is 0 Å². The first-order chi connectivity index (χ1) is 8.98. The van der Waals surface area contributed by atoms with Gasteiger partial charge in [0, 0.05) is 35.9 Å². The number of rotatable bonds is 3. The standard InChI is InChI=1S/C11H16ClN3O3S/c1-7-6-18-5-4-9(7)10-13-14-11(19(12,16)17)15(10)8-2-3-8/h7-9H,2-6H2,1H3. The summed E-state index contributed by atoms with van der Waals surface area (Å²) in [5, 5.41) is 7.82. The lowest BCUT2D eigenvalue weighted by atomic mass is 9.89. The molecule has 1 saturated carbocycles. The molecule has 0 amide bonds. The molecule has 1 aromatic rings. The van der Waals surface area contributed by atoms with Gasteiger partial charge in [0.2, 0.25) is 0 Å². The van der Waals surface area contributed by atoms with E-state index in [4.69, 9.17) is 15.4 Å². The monoisotopic (exact) mass is 305 g/mol. The predicted molar refractivity (Wildman–Crippen MR) is 68.7 cm³/mol. The molecule has 2 unspecified atom stereocenters. The molecule has 0 bridgehead atoms. The van der Waals surface area contributed by atoms with Crippen LogP contribution in [0.1, 0.15) is 44.0 Å². The largest absolute Gasteiger partial charge is 0.381 e. The van der Waals surface area contributed by atoms with Gasteiger partial charge in [-0.15, -0.1) is 10.2 Å². The molecule has 8 heteroatoms. The Kier molecular flexibility index (Phi) is 3.31. The van der Waals surface area contributed by atoms with Gasteiger partial charge in [-0.1, -0.05) is 6.92 Å². The van der Waals surface area contributed by atoms with Gasteiger partial charge in [-0.05, 0) is 25.2 Å². The third kappa shape index (κ3) is 2.51. The predicted octanol–water partition coefficient (Wildman–Crippen LogP) is 1.68. The van der Waals surface area contributed by atoms with Crippen molar-refractivity contribution >= 4 is 19.7 Å². The van der Waals surface area contributed by atoms with E-state index in [-0.39, 0.29) is 17.1 Å². The van der Waals surface area contributed by atoms with Gasteiger partial charge in [-0.3, -0.25) is 4.57 Å². The third-order valence-electron chi connectivity index (χ3n) is 3.79. The van der Waals surface area contributed by atoms with Gasteiger partial charge >= 0.3 is 0 Å². The smallest absolute Gasteiger partial charge is 0.296 e. The number of ether oxygens (including phenoxy) is 1. The zero-order chi connectivity index (χ0) is 13.6. The van der Waals surface area contributed by atoms with E-state index in [9.17, 15) is 8.42 Å². The minimum atomic E-state index is -3.84. The number of nitrogens with zero attached hydrogens (tertiary/aromatic N) is 3. The Hall–Kier alpha value is -0.660. The first kappa shape index (κ1) is 13.3. The highest BCUT2D eigenvalue weighted by Crippen LogP contribution is 2.41. The molecule has 6 nitrogen and oxygen atoms in total. The van der Waals surface area contributed by atoms with Gasteiger partial charge in [-0.2, -0.15) is 0 Å². The molecule has 1 aliphatic heterocycles. The lowest BCUT2D eigenvalue weighted by Gasteiger charge is -2.28. The number of aromatic nitrogens is 3. The first-order valence-electron chi connectivity index (χ1n) is 6.45. The van der Waals surface area contributed by atoms with Crippen LogP contribution in [0.25, 0.3) is 0 Å². The molecule has 19 heavy (non-hydrogen) atoms. The molecule has 1 saturated heterocycles. The molecule has 2 fully saturated rings. The first-order valence-corrected chi connectivity index (χ1v) is 8.76. The fraction of sp³-hybridized carbons (Fsp3) is 0.818. The fourth-order valence-electron chi connectivity index (χ4n) is 2.65. The van der Waals surface area contributed by atoms with Gasteiger partial charge in [0.25, 0.3) is 14.2 Å². The van der Waals surface area contributed by atoms with Crippen LogP contribution in [0.4, 0.5) is 0 Å². The molecule has 1 aromatic heterocycles. The zero-order valence-corrected chi connectivity index (χ0v) is 12.2.